The summed E-state index contributed by atoms with van der Waals surface area (Å²) in [6, 6.07) is 7.45. The number of nitrogens with one attached hydrogen (secondary N) is 1. The highest BCUT2D eigenvalue weighted by Gasteiger charge is 2.15. The number of amides is 1. The maximum Gasteiger partial charge on any atom is 0.338 e. The lowest BCUT2D eigenvalue weighted by molar-refractivity contribution is -0.116. The molecule has 1 atom stereocenters. The second-order valence-corrected chi connectivity index (χ2v) is 5.69. The summed E-state index contributed by atoms with van der Waals surface area (Å²) in [5.41, 5.74) is 2.87. The number of aromatic nitrogens is 1. The molecule has 1 aromatic carbocycles. The minimum atomic E-state index is -0.401. The maximum absolute atomic E-state index is 12.2. The number of hydrogen-bond acceptors (Lipinski definition) is 3. The summed E-state index contributed by atoms with van der Waals surface area (Å²) >= 11 is 0. The number of hydrogen-bond donors (Lipinski definition) is 1. The van der Waals surface area contributed by atoms with Crippen LogP contribution in [0.15, 0.2) is 36.7 Å². The molecule has 2 rings (SSSR count). The fourth-order valence-electron chi connectivity index (χ4n) is 2.48. The van der Waals surface area contributed by atoms with Gasteiger partial charge in [0.2, 0.25) is 5.91 Å². The molecule has 0 spiro atoms. The molecule has 0 unspecified atom stereocenters. The molecule has 0 saturated carbocycles. The average Bonchev–Trinajstić information content (AvgIpc) is 3.04. The van der Waals surface area contributed by atoms with Crippen LogP contribution in [0.5, 0.6) is 0 Å². The number of methoxy groups -OCH3 is 1. The summed E-state index contributed by atoms with van der Waals surface area (Å²) in [6.45, 7) is 5.75. The topological polar surface area (TPSA) is 60.3 Å². The summed E-state index contributed by atoms with van der Waals surface area (Å²) in [4.78, 5) is 24.0. The Balaban J connectivity index is 2.12. The maximum atomic E-state index is 12.2. The van der Waals surface area contributed by atoms with Crippen LogP contribution in [-0.4, -0.2) is 23.6 Å². The Morgan fingerprint density at radius 1 is 1.22 bits per heavy atom. The summed E-state index contributed by atoms with van der Waals surface area (Å²) in [6.07, 6.45) is 4.22. The lowest BCUT2D eigenvalue weighted by atomic mass is 10.0. The Morgan fingerprint density at radius 2 is 1.87 bits per heavy atom. The lowest BCUT2D eigenvalue weighted by Crippen LogP contribution is -2.17. The van der Waals surface area contributed by atoms with Gasteiger partial charge in [-0.3, -0.25) is 4.79 Å². The van der Waals surface area contributed by atoms with E-state index in [4.69, 9.17) is 4.74 Å². The van der Waals surface area contributed by atoms with Gasteiger partial charge in [-0.25, -0.2) is 4.79 Å². The Hall–Kier alpha value is -2.56. The molecule has 1 heterocycles. The van der Waals surface area contributed by atoms with Crippen molar-refractivity contribution in [3.05, 3.63) is 53.3 Å². The van der Waals surface area contributed by atoms with Gasteiger partial charge in [-0.2, -0.15) is 0 Å². The van der Waals surface area contributed by atoms with Crippen molar-refractivity contribution in [2.45, 2.75) is 33.2 Å². The number of aryl methyl sites for hydroxylation is 1. The van der Waals surface area contributed by atoms with Crippen LogP contribution in [0.3, 0.4) is 0 Å². The van der Waals surface area contributed by atoms with Gasteiger partial charge < -0.3 is 14.6 Å². The van der Waals surface area contributed by atoms with E-state index in [1.165, 1.54) is 7.11 Å². The van der Waals surface area contributed by atoms with Crippen molar-refractivity contribution in [3.63, 3.8) is 0 Å². The summed E-state index contributed by atoms with van der Waals surface area (Å²) < 4.78 is 6.78. The standard InChI is InChI=1S/C18H22N2O3/c1-12-9-15(11-16(14(12)3)18(22)23-4)19-17(21)10-13(2)20-7-5-6-8-20/h5-9,11,13H,10H2,1-4H3,(H,19,21)/t13-/m0/s1. The van der Waals surface area contributed by atoms with E-state index in [0.717, 1.165) is 11.1 Å². The molecule has 0 aliphatic rings. The molecule has 5 nitrogen and oxygen atoms in total. The second-order valence-electron chi connectivity index (χ2n) is 5.69. The monoisotopic (exact) mass is 314 g/mol. The SMILES string of the molecule is COC(=O)c1cc(NC(=O)C[C@H](C)n2cccc2)cc(C)c1C. The normalized spacial score (nSPS) is 11.8. The van der Waals surface area contributed by atoms with Crippen molar-refractivity contribution in [3.8, 4) is 0 Å². The first-order valence-electron chi connectivity index (χ1n) is 7.54. The zero-order valence-electron chi connectivity index (χ0n) is 13.9. The number of ether oxygens (including phenoxy) is 1. The number of carbonyl (C=O) groups is 2. The van der Waals surface area contributed by atoms with Gasteiger partial charge in [0, 0.05) is 30.5 Å². The van der Waals surface area contributed by atoms with Crippen LogP contribution >= 0.6 is 0 Å². The average molecular weight is 314 g/mol. The van der Waals surface area contributed by atoms with Crippen molar-refractivity contribution < 1.29 is 14.3 Å². The Morgan fingerprint density at radius 3 is 2.48 bits per heavy atom. The summed E-state index contributed by atoms with van der Waals surface area (Å²) in [7, 11) is 1.35. The van der Waals surface area contributed by atoms with Crippen LogP contribution in [0.2, 0.25) is 0 Å². The number of nitrogens with zero attached hydrogens (tertiary/aromatic N) is 1. The molecule has 0 aliphatic carbocycles. The van der Waals surface area contributed by atoms with E-state index in [-0.39, 0.29) is 11.9 Å². The fraction of sp³-hybridized carbons (Fsp3) is 0.333. The summed E-state index contributed by atoms with van der Waals surface area (Å²) in [5, 5.41) is 2.86. The van der Waals surface area contributed by atoms with E-state index in [2.05, 4.69) is 5.32 Å². The number of esters is 1. The fourth-order valence-corrected chi connectivity index (χ4v) is 2.48. The number of carbonyl (C=O) groups excluding carboxylic acids is 2. The number of rotatable bonds is 5. The van der Waals surface area contributed by atoms with Gasteiger partial charge in [0.1, 0.15) is 0 Å². The first-order valence-corrected chi connectivity index (χ1v) is 7.54. The Kier molecular flexibility index (Phi) is 5.21. The van der Waals surface area contributed by atoms with Gasteiger partial charge in [0.25, 0.3) is 0 Å². The van der Waals surface area contributed by atoms with Crippen LogP contribution in [-0.2, 0) is 9.53 Å². The quantitative estimate of drug-likeness (QED) is 0.860. The molecule has 5 heteroatoms. The minimum absolute atomic E-state index is 0.0663. The van der Waals surface area contributed by atoms with Gasteiger partial charge in [0.15, 0.2) is 0 Å². The zero-order valence-corrected chi connectivity index (χ0v) is 13.9. The van der Waals surface area contributed by atoms with Crippen LogP contribution in [0, 0.1) is 13.8 Å². The third kappa shape index (κ3) is 4.00. The van der Waals surface area contributed by atoms with E-state index < -0.39 is 5.97 Å². The molecular weight excluding hydrogens is 292 g/mol. The molecule has 0 saturated heterocycles. The highest BCUT2D eigenvalue weighted by Crippen LogP contribution is 2.21. The van der Waals surface area contributed by atoms with Crippen molar-refractivity contribution in [1.82, 2.24) is 4.57 Å². The van der Waals surface area contributed by atoms with E-state index in [1.54, 1.807) is 6.07 Å². The van der Waals surface area contributed by atoms with E-state index in [9.17, 15) is 9.59 Å². The smallest absolute Gasteiger partial charge is 0.338 e. The first-order chi connectivity index (χ1) is 10.9. The van der Waals surface area contributed by atoms with Crippen molar-refractivity contribution in [2.75, 3.05) is 12.4 Å². The van der Waals surface area contributed by atoms with Crippen LogP contribution in [0.1, 0.15) is 40.9 Å². The lowest BCUT2D eigenvalue weighted by Gasteiger charge is -2.15. The van der Waals surface area contributed by atoms with Gasteiger partial charge in [0.05, 0.1) is 12.7 Å². The number of anilines is 1. The first kappa shape index (κ1) is 16.8. The molecular formula is C18H22N2O3. The van der Waals surface area contributed by atoms with E-state index in [0.29, 0.717) is 17.7 Å². The molecule has 23 heavy (non-hydrogen) atoms. The van der Waals surface area contributed by atoms with Gasteiger partial charge in [-0.1, -0.05) is 0 Å². The Labute approximate surface area is 136 Å². The molecule has 2 aromatic rings. The van der Waals surface area contributed by atoms with Gasteiger partial charge in [-0.05, 0) is 56.2 Å². The largest absolute Gasteiger partial charge is 0.465 e. The third-order valence-corrected chi connectivity index (χ3v) is 3.97. The van der Waals surface area contributed by atoms with E-state index >= 15 is 0 Å². The van der Waals surface area contributed by atoms with Crippen LogP contribution in [0.25, 0.3) is 0 Å². The zero-order chi connectivity index (χ0) is 17.0. The third-order valence-electron chi connectivity index (χ3n) is 3.97. The van der Waals surface area contributed by atoms with Gasteiger partial charge in [-0.15, -0.1) is 0 Å². The molecule has 1 N–H and O–H groups in total. The molecule has 0 bridgehead atoms. The molecule has 1 amide bonds. The molecule has 122 valence electrons. The molecule has 0 radical (unpaired) electrons. The molecule has 0 aliphatic heterocycles. The number of benzene rings is 1. The van der Waals surface area contributed by atoms with Crippen LogP contribution < -0.4 is 5.32 Å². The van der Waals surface area contributed by atoms with Crippen molar-refractivity contribution in [2.24, 2.45) is 0 Å². The minimum Gasteiger partial charge on any atom is -0.465 e. The van der Waals surface area contributed by atoms with Crippen LogP contribution in [0.4, 0.5) is 5.69 Å². The highest BCUT2D eigenvalue weighted by molar-refractivity contribution is 5.96. The predicted molar refractivity (Wildman–Crippen MR) is 89.6 cm³/mol. The molecule has 1 aromatic heterocycles. The predicted octanol–water partition coefficient (Wildman–Crippen LogP) is 3.48. The van der Waals surface area contributed by atoms with E-state index in [1.807, 2.05) is 55.9 Å². The molecule has 0 fully saturated rings. The second kappa shape index (κ2) is 7.13. The highest BCUT2D eigenvalue weighted by atomic mass is 16.5. The van der Waals surface area contributed by atoms with Gasteiger partial charge >= 0.3 is 5.97 Å². The Bertz CT molecular complexity index is 705. The van der Waals surface area contributed by atoms with Crippen molar-refractivity contribution in [1.29, 1.82) is 0 Å². The van der Waals surface area contributed by atoms with Crippen molar-refractivity contribution >= 4 is 17.6 Å². The summed E-state index contributed by atoms with van der Waals surface area (Å²) in [5.74, 6) is -0.493.